The van der Waals surface area contributed by atoms with E-state index in [2.05, 4.69) is 49.0 Å². The highest BCUT2D eigenvalue weighted by atomic mass is 79.9. The van der Waals surface area contributed by atoms with Crippen LogP contribution in [0.5, 0.6) is 0 Å². The summed E-state index contributed by atoms with van der Waals surface area (Å²) >= 11 is 3.47. The van der Waals surface area contributed by atoms with Crippen molar-refractivity contribution in [2.75, 3.05) is 18.4 Å². The third kappa shape index (κ3) is 2.04. The quantitative estimate of drug-likeness (QED) is 0.860. The summed E-state index contributed by atoms with van der Waals surface area (Å²) in [5.74, 6) is 0.382. The van der Waals surface area contributed by atoms with E-state index in [-0.39, 0.29) is 12.2 Å². The minimum Gasteiger partial charge on any atom is -0.332 e. The number of halogens is 1. The highest BCUT2D eigenvalue weighted by molar-refractivity contribution is 9.09. The first-order chi connectivity index (χ1) is 8.81. The molecule has 0 bridgehead atoms. The molecule has 3 heterocycles. The second-order valence-corrected chi connectivity index (χ2v) is 5.77. The Bertz CT molecular complexity index is 445. The Kier molecular flexibility index (Phi) is 3.54. The number of carbonyl (C=O) groups is 1. The van der Waals surface area contributed by atoms with Gasteiger partial charge in [0.1, 0.15) is 12.2 Å². The zero-order valence-corrected chi connectivity index (χ0v) is 11.9. The van der Waals surface area contributed by atoms with Crippen LogP contribution in [0.25, 0.3) is 0 Å². The first-order valence-electron chi connectivity index (χ1n) is 6.53. The number of carbonyl (C=O) groups excluding carboxylic acids is 1. The predicted molar refractivity (Wildman–Crippen MR) is 73.7 cm³/mol. The lowest BCUT2D eigenvalue weighted by Crippen LogP contribution is -2.58. The van der Waals surface area contributed by atoms with Crippen LogP contribution in [0.15, 0.2) is 18.3 Å². The topological polar surface area (TPSA) is 37.3 Å². The molecule has 0 radical (unpaired) electrons. The molecular weight excluding hydrogens is 294 g/mol. The van der Waals surface area contributed by atoms with Crippen molar-refractivity contribution < 1.29 is 4.79 Å². The van der Waals surface area contributed by atoms with Gasteiger partial charge in [-0.15, -0.1) is 0 Å². The largest absolute Gasteiger partial charge is 0.332 e. The summed E-state index contributed by atoms with van der Waals surface area (Å²) in [6, 6.07) is 4.23. The standard InChI is InChI=1S/C13H18BrN3O/c14-5-2-7-16-9-10-3-1-8-17(10)13-12(16)11(18)4-6-15-13/h1,3,8,12-13,15H,2,4-7,9H2. The van der Waals surface area contributed by atoms with Gasteiger partial charge in [0, 0.05) is 43.3 Å². The van der Waals surface area contributed by atoms with Crippen LogP contribution >= 0.6 is 15.9 Å². The van der Waals surface area contributed by atoms with Crippen LogP contribution in [0.4, 0.5) is 0 Å². The molecule has 2 unspecified atom stereocenters. The first kappa shape index (κ1) is 12.4. The smallest absolute Gasteiger partial charge is 0.154 e. The average Bonchev–Trinajstić information content (AvgIpc) is 2.84. The fraction of sp³-hybridized carbons (Fsp3) is 0.615. The highest BCUT2D eigenvalue weighted by Crippen LogP contribution is 2.29. The van der Waals surface area contributed by atoms with Gasteiger partial charge >= 0.3 is 0 Å². The average molecular weight is 312 g/mol. The van der Waals surface area contributed by atoms with E-state index in [1.54, 1.807) is 0 Å². The summed E-state index contributed by atoms with van der Waals surface area (Å²) in [6.07, 6.45) is 3.94. The predicted octanol–water partition coefficient (Wildman–Crippen LogP) is 1.52. The van der Waals surface area contributed by atoms with Crippen molar-refractivity contribution >= 4 is 21.7 Å². The van der Waals surface area contributed by atoms with E-state index in [1.807, 2.05) is 0 Å². The van der Waals surface area contributed by atoms with E-state index < -0.39 is 0 Å². The van der Waals surface area contributed by atoms with Crippen LogP contribution in [0.1, 0.15) is 24.7 Å². The molecule has 1 fully saturated rings. The normalized spacial score (nSPS) is 27.9. The molecule has 5 heteroatoms. The second kappa shape index (κ2) is 5.15. The molecule has 1 N–H and O–H groups in total. The molecule has 2 atom stereocenters. The van der Waals surface area contributed by atoms with Crippen molar-refractivity contribution in [3.8, 4) is 0 Å². The van der Waals surface area contributed by atoms with Gasteiger partial charge in [-0.25, -0.2) is 0 Å². The van der Waals surface area contributed by atoms with E-state index in [0.29, 0.717) is 12.2 Å². The summed E-state index contributed by atoms with van der Waals surface area (Å²) in [5.41, 5.74) is 1.30. The maximum atomic E-state index is 12.2. The summed E-state index contributed by atoms with van der Waals surface area (Å²) in [4.78, 5) is 14.6. The summed E-state index contributed by atoms with van der Waals surface area (Å²) < 4.78 is 2.23. The number of fused-ring (bicyclic) bond motifs is 3. The molecule has 2 aliphatic heterocycles. The van der Waals surface area contributed by atoms with Crippen molar-refractivity contribution in [1.82, 2.24) is 14.8 Å². The molecule has 4 nitrogen and oxygen atoms in total. The lowest BCUT2D eigenvalue weighted by atomic mass is 9.97. The molecular formula is C13H18BrN3O. The van der Waals surface area contributed by atoms with Crippen LogP contribution < -0.4 is 5.32 Å². The molecule has 18 heavy (non-hydrogen) atoms. The third-order valence-corrected chi connectivity index (χ3v) is 4.42. The molecule has 1 aromatic heterocycles. The van der Waals surface area contributed by atoms with Gasteiger partial charge in [-0.05, 0) is 18.6 Å². The molecule has 2 aliphatic rings. The van der Waals surface area contributed by atoms with Crippen molar-refractivity contribution in [2.45, 2.75) is 31.6 Å². The Labute approximate surface area is 115 Å². The van der Waals surface area contributed by atoms with Gasteiger partial charge in [0.2, 0.25) is 0 Å². The molecule has 1 saturated heterocycles. The number of rotatable bonds is 3. The fourth-order valence-electron chi connectivity index (χ4n) is 3.05. The number of aromatic nitrogens is 1. The van der Waals surface area contributed by atoms with Crippen LogP contribution in [0.3, 0.4) is 0 Å². The van der Waals surface area contributed by atoms with Crippen LogP contribution in [-0.2, 0) is 11.3 Å². The van der Waals surface area contributed by atoms with Crippen molar-refractivity contribution in [3.05, 3.63) is 24.0 Å². The number of hydrogen-bond acceptors (Lipinski definition) is 3. The molecule has 3 rings (SSSR count). The SMILES string of the molecule is O=C1CCNC2C1N(CCCBr)Cc1cccn12. The minimum absolute atomic E-state index is 0.0118. The molecule has 0 aliphatic carbocycles. The van der Waals surface area contributed by atoms with E-state index in [0.717, 1.165) is 31.4 Å². The maximum absolute atomic E-state index is 12.2. The maximum Gasteiger partial charge on any atom is 0.154 e. The highest BCUT2D eigenvalue weighted by Gasteiger charge is 2.40. The van der Waals surface area contributed by atoms with Crippen molar-refractivity contribution in [1.29, 1.82) is 0 Å². The zero-order chi connectivity index (χ0) is 12.5. The Morgan fingerprint density at radius 3 is 3.22 bits per heavy atom. The van der Waals surface area contributed by atoms with Gasteiger partial charge in [-0.3, -0.25) is 15.0 Å². The van der Waals surface area contributed by atoms with E-state index >= 15 is 0 Å². The van der Waals surface area contributed by atoms with E-state index in [9.17, 15) is 4.79 Å². The number of ketones is 1. The van der Waals surface area contributed by atoms with Crippen LogP contribution in [0, 0.1) is 0 Å². The van der Waals surface area contributed by atoms with Crippen LogP contribution in [-0.4, -0.2) is 39.7 Å². The molecule has 1 aromatic rings. The number of Topliss-reactive ketones (excluding diaryl/α,β-unsaturated/α-hetero) is 1. The molecule has 0 spiro atoms. The van der Waals surface area contributed by atoms with E-state index in [4.69, 9.17) is 0 Å². The van der Waals surface area contributed by atoms with E-state index in [1.165, 1.54) is 5.69 Å². The van der Waals surface area contributed by atoms with Crippen molar-refractivity contribution in [3.63, 3.8) is 0 Å². The van der Waals surface area contributed by atoms with Gasteiger partial charge < -0.3 is 4.57 Å². The molecule has 0 saturated carbocycles. The molecule has 0 amide bonds. The lowest BCUT2D eigenvalue weighted by molar-refractivity contribution is -0.130. The Morgan fingerprint density at radius 2 is 2.39 bits per heavy atom. The van der Waals surface area contributed by atoms with Crippen molar-refractivity contribution in [2.24, 2.45) is 0 Å². The van der Waals surface area contributed by atoms with Crippen LogP contribution in [0.2, 0.25) is 0 Å². The Hall–Kier alpha value is -0.650. The minimum atomic E-state index is 0.0118. The number of piperidine rings is 1. The number of hydrogen-bond donors (Lipinski definition) is 1. The lowest BCUT2D eigenvalue weighted by Gasteiger charge is -2.44. The summed E-state index contributed by atoms with van der Waals surface area (Å²) in [7, 11) is 0. The first-order valence-corrected chi connectivity index (χ1v) is 7.65. The Morgan fingerprint density at radius 1 is 1.50 bits per heavy atom. The number of nitrogens with one attached hydrogen (secondary N) is 1. The fourth-order valence-corrected chi connectivity index (χ4v) is 3.31. The summed E-state index contributed by atoms with van der Waals surface area (Å²) in [6.45, 7) is 2.66. The van der Waals surface area contributed by atoms with Gasteiger partial charge in [-0.2, -0.15) is 0 Å². The number of nitrogens with zero attached hydrogens (tertiary/aromatic N) is 2. The molecule has 0 aromatic carbocycles. The van der Waals surface area contributed by atoms with Gasteiger partial charge in [0.25, 0.3) is 0 Å². The second-order valence-electron chi connectivity index (χ2n) is 4.98. The Balaban J connectivity index is 1.90. The third-order valence-electron chi connectivity index (χ3n) is 3.86. The summed E-state index contributed by atoms with van der Waals surface area (Å²) in [5, 5.41) is 4.48. The monoisotopic (exact) mass is 311 g/mol. The van der Waals surface area contributed by atoms with Gasteiger partial charge in [-0.1, -0.05) is 15.9 Å². The van der Waals surface area contributed by atoms with Gasteiger partial charge in [0.15, 0.2) is 5.78 Å². The zero-order valence-electron chi connectivity index (χ0n) is 10.3. The molecule has 98 valence electrons. The number of alkyl halides is 1. The van der Waals surface area contributed by atoms with Gasteiger partial charge in [0.05, 0.1) is 0 Å².